The van der Waals surface area contributed by atoms with Crippen LogP contribution in [-0.4, -0.2) is 19.3 Å². The molecular weight excluding hydrogens is 400 g/mol. The van der Waals surface area contributed by atoms with Gasteiger partial charge in [-0.3, -0.25) is 14.0 Å². The molecule has 1 atom stereocenters. The molecule has 3 aromatic heterocycles. The van der Waals surface area contributed by atoms with E-state index in [0.29, 0.717) is 5.92 Å². The number of para-hydroxylation sites is 1. The van der Waals surface area contributed by atoms with Crippen molar-refractivity contribution < 1.29 is 0 Å². The monoisotopic (exact) mass is 422 g/mol. The summed E-state index contributed by atoms with van der Waals surface area (Å²) in [6, 6.07) is 9.85. The van der Waals surface area contributed by atoms with E-state index in [1.165, 1.54) is 10.4 Å². The van der Waals surface area contributed by atoms with Crippen LogP contribution in [0.2, 0.25) is 0 Å². The van der Waals surface area contributed by atoms with Crippen molar-refractivity contribution in [1.82, 2.24) is 19.3 Å². The van der Waals surface area contributed by atoms with Crippen molar-refractivity contribution in [3.05, 3.63) is 69.1 Å². The van der Waals surface area contributed by atoms with E-state index in [0.717, 1.165) is 51.6 Å². The first kappa shape index (κ1) is 18.6. The molecule has 0 N–H and O–H groups in total. The Balaban J connectivity index is 1.67. The first-order valence-electron chi connectivity index (χ1n) is 9.83. The van der Waals surface area contributed by atoms with Crippen LogP contribution in [0, 0.1) is 5.92 Å². The molecule has 3 heterocycles. The molecule has 1 aliphatic rings. The second kappa shape index (κ2) is 7.46. The third kappa shape index (κ3) is 3.42. The van der Waals surface area contributed by atoms with Crippen LogP contribution in [0.1, 0.15) is 29.3 Å². The molecule has 1 aromatic carbocycles. The van der Waals surface area contributed by atoms with Gasteiger partial charge in [-0.15, -0.1) is 11.3 Å². The summed E-state index contributed by atoms with van der Waals surface area (Å²) in [6.45, 7) is 2.29. The molecule has 0 fully saturated rings. The SMILES string of the molecule is CC1CCc2c(sc3nc(SCc4cnn(C)c4)n(-c4ccccc4)c(=O)c23)C1. The van der Waals surface area contributed by atoms with Crippen LogP contribution in [0.25, 0.3) is 15.9 Å². The van der Waals surface area contributed by atoms with Crippen molar-refractivity contribution in [2.24, 2.45) is 13.0 Å². The molecule has 0 amide bonds. The van der Waals surface area contributed by atoms with Gasteiger partial charge in [0.25, 0.3) is 5.56 Å². The molecule has 0 aliphatic heterocycles. The van der Waals surface area contributed by atoms with Gasteiger partial charge in [0.1, 0.15) is 4.83 Å². The summed E-state index contributed by atoms with van der Waals surface area (Å²) in [4.78, 5) is 20.9. The summed E-state index contributed by atoms with van der Waals surface area (Å²) in [6.07, 6.45) is 7.04. The smallest absolute Gasteiger partial charge is 0.267 e. The number of fused-ring (bicyclic) bond motifs is 3. The summed E-state index contributed by atoms with van der Waals surface area (Å²) in [5.41, 5.74) is 3.27. The van der Waals surface area contributed by atoms with Gasteiger partial charge in [0, 0.05) is 29.4 Å². The lowest BCUT2D eigenvalue weighted by molar-refractivity contribution is 0.509. The Kier molecular flexibility index (Phi) is 4.80. The Bertz CT molecular complexity index is 1240. The first-order chi connectivity index (χ1) is 14.1. The number of thioether (sulfide) groups is 1. The Hall–Kier alpha value is -2.38. The van der Waals surface area contributed by atoms with Gasteiger partial charge in [0.2, 0.25) is 0 Å². The molecule has 7 heteroatoms. The zero-order valence-electron chi connectivity index (χ0n) is 16.5. The molecule has 0 spiro atoms. The highest BCUT2D eigenvalue weighted by atomic mass is 32.2. The highest BCUT2D eigenvalue weighted by Crippen LogP contribution is 2.37. The highest BCUT2D eigenvalue weighted by Gasteiger charge is 2.25. The average molecular weight is 423 g/mol. The van der Waals surface area contributed by atoms with Crippen LogP contribution in [0.15, 0.2) is 52.7 Å². The minimum atomic E-state index is 0.0574. The predicted octanol–water partition coefficient (Wildman–Crippen LogP) is 4.60. The number of aromatic nitrogens is 4. The predicted molar refractivity (Wildman–Crippen MR) is 119 cm³/mol. The minimum Gasteiger partial charge on any atom is -0.276 e. The third-order valence-electron chi connectivity index (χ3n) is 5.44. The molecule has 0 bridgehead atoms. The van der Waals surface area contributed by atoms with E-state index in [9.17, 15) is 4.79 Å². The summed E-state index contributed by atoms with van der Waals surface area (Å²) in [7, 11) is 1.91. The van der Waals surface area contributed by atoms with Crippen LogP contribution in [0.4, 0.5) is 0 Å². The van der Waals surface area contributed by atoms with Gasteiger partial charge in [-0.05, 0) is 42.9 Å². The fraction of sp³-hybridized carbons (Fsp3) is 0.318. The lowest BCUT2D eigenvalue weighted by atomic mass is 9.89. The Labute approximate surface area is 177 Å². The van der Waals surface area contributed by atoms with E-state index in [1.807, 2.05) is 49.8 Å². The van der Waals surface area contributed by atoms with Gasteiger partial charge in [-0.2, -0.15) is 5.10 Å². The second-order valence-electron chi connectivity index (χ2n) is 7.71. The lowest BCUT2D eigenvalue weighted by Gasteiger charge is -2.17. The first-order valence-corrected chi connectivity index (χ1v) is 11.6. The molecule has 0 saturated heterocycles. The van der Waals surface area contributed by atoms with Crippen molar-refractivity contribution in [3.63, 3.8) is 0 Å². The van der Waals surface area contributed by atoms with Crippen molar-refractivity contribution in [1.29, 1.82) is 0 Å². The van der Waals surface area contributed by atoms with Gasteiger partial charge in [0.05, 0.1) is 17.3 Å². The number of rotatable bonds is 4. The van der Waals surface area contributed by atoms with Crippen molar-refractivity contribution in [2.45, 2.75) is 37.1 Å². The standard InChI is InChI=1S/C22H22N4OS2/c1-14-8-9-17-18(10-14)29-20-19(17)21(27)26(16-6-4-3-5-7-16)22(24-20)28-13-15-11-23-25(2)12-15/h3-7,11-12,14H,8-10,13H2,1-2H3. The van der Waals surface area contributed by atoms with Gasteiger partial charge >= 0.3 is 0 Å². The van der Waals surface area contributed by atoms with E-state index in [-0.39, 0.29) is 5.56 Å². The number of benzene rings is 1. The van der Waals surface area contributed by atoms with E-state index < -0.39 is 0 Å². The molecule has 4 aromatic rings. The summed E-state index contributed by atoms with van der Waals surface area (Å²) in [5.74, 6) is 1.40. The summed E-state index contributed by atoms with van der Waals surface area (Å²) < 4.78 is 3.58. The molecule has 29 heavy (non-hydrogen) atoms. The highest BCUT2D eigenvalue weighted by molar-refractivity contribution is 7.98. The Morgan fingerprint density at radius 3 is 2.86 bits per heavy atom. The average Bonchev–Trinajstić information content (AvgIpc) is 3.29. The number of thiophene rings is 1. The largest absolute Gasteiger partial charge is 0.276 e. The maximum absolute atomic E-state index is 13.7. The van der Waals surface area contributed by atoms with Crippen molar-refractivity contribution in [3.8, 4) is 5.69 Å². The molecule has 0 radical (unpaired) electrons. The van der Waals surface area contributed by atoms with Crippen LogP contribution in [0.5, 0.6) is 0 Å². The van der Waals surface area contributed by atoms with Crippen LogP contribution >= 0.6 is 23.1 Å². The lowest BCUT2D eigenvalue weighted by Crippen LogP contribution is -2.22. The van der Waals surface area contributed by atoms with Crippen molar-refractivity contribution >= 4 is 33.3 Å². The second-order valence-corrected chi connectivity index (χ2v) is 9.74. The van der Waals surface area contributed by atoms with Gasteiger partial charge in [-0.1, -0.05) is 36.9 Å². The number of hydrogen-bond acceptors (Lipinski definition) is 5. The number of aryl methyl sites for hydroxylation is 2. The molecule has 5 nitrogen and oxygen atoms in total. The molecule has 0 saturated carbocycles. The van der Waals surface area contributed by atoms with Gasteiger partial charge < -0.3 is 0 Å². The molecule has 1 aliphatic carbocycles. The third-order valence-corrected chi connectivity index (χ3v) is 7.60. The minimum absolute atomic E-state index is 0.0574. The van der Waals surface area contributed by atoms with Crippen molar-refractivity contribution in [2.75, 3.05) is 0 Å². The maximum Gasteiger partial charge on any atom is 0.267 e. The van der Waals surface area contributed by atoms with Crippen LogP contribution < -0.4 is 5.56 Å². The zero-order chi connectivity index (χ0) is 20.0. The molecule has 1 unspecified atom stereocenters. The van der Waals surface area contributed by atoms with Crippen LogP contribution in [0.3, 0.4) is 0 Å². The quantitative estimate of drug-likeness (QED) is 0.356. The Morgan fingerprint density at radius 1 is 1.28 bits per heavy atom. The number of nitrogens with zero attached hydrogens (tertiary/aromatic N) is 4. The van der Waals surface area contributed by atoms with Crippen LogP contribution in [-0.2, 0) is 25.6 Å². The van der Waals surface area contributed by atoms with E-state index >= 15 is 0 Å². The van der Waals surface area contributed by atoms with Gasteiger partial charge in [-0.25, -0.2) is 4.98 Å². The normalized spacial score (nSPS) is 16.3. The Morgan fingerprint density at radius 2 is 2.10 bits per heavy atom. The molecule has 148 valence electrons. The fourth-order valence-corrected chi connectivity index (χ4v) is 6.32. The molecular formula is C22H22N4OS2. The fourth-order valence-electron chi connectivity index (χ4n) is 3.97. The maximum atomic E-state index is 13.7. The number of hydrogen-bond donors (Lipinski definition) is 0. The van der Waals surface area contributed by atoms with E-state index in [2.05, 4.69) is 12.0 Å². The van der Waals surface area contributed by atoms with E-state index in [4.69, 9.17) is 4.98 Å². The van der Waals surface area contributed by atoms with Gasteiger partial charge in [0.15, 0.2) is 5.16 Å². The topological polar surface area (TPSA) is 52.7 Å². The molecule has 5 rings (SSSR count). The summed E-state index contributed by atoms with van der Waals surface area (Å²) >= 11 is 3.30. The zero-order valence-corrected chi connectivity index (χ0v) is 18.1. The van der Waals surface area contributed by atoms with E-state index in [1.54, 1.807) is 32.3 Å². The summed E-state index contributed by atoms with van der Waals surface area (Å²) in [5, 5.41) is 5.81.